The van der Waals surface area contributed by atoms with Crippen molar-refractivity contribution in [2.24, 2.45) is 4.99 Å². The van der Waals surface area contributed by atoms with Gasteiger partial charge in [-0.3, -0.25) is 9.36 Å². The molecule has 3 aromatic carbocycles. The fraction of sp³-hybridized carbons (Fsp3) is 0.138. The van der Waals surface area contributed by atoms with Gasteiger partial charge < -0.3 is 14.6 Å². The molecule has 5 rings (SSSR count). The summed E-state index contributed by atoms with van der Waals surface area (Å²) in [6, 6.07) is 19.5. The van der Waals surface area contributed by atoms with Gasteiger partial charge in [-0.05, 0) is 86.9 Å². The third-order valence-electron chi connectivity index (χ3n) is 6.14. The molecule has 1 N–H and O–H groups in total. The van der Waals surface area contributed by atoms with E-state index >= 15 is 0 Å². The largest absolute Gasteiger partial charge is 0.506 e. The number of aromatic hydroxyl groups is 1. The minimum atomic E-state index is -0.768. The number of rotatable bonds is 6. The highest BCUT2D eigenvalue weighted by Crippen LogP contribution is 2.36. The van der Waals surface area contributed by atoms with Crippen LogP contribution in [0.3, 0.4) is 0 Å². The lowest BCUT2D eigenvalue weighted by Gasteiger charge is -2.26. The quantitative estimate of drug-likeness (QED) is 0.224. The maximum Gasteiger partial charge on any atom is 0.338 e. The molecule has 0 saturated heterocycles. The number of phenols is 1. The van der Waals surface area contributed by atoms with Gasteiger partial charge in [0.1, 0.15) is 11.5 Å². The molecule has 0 saturated carbocycles. The number of phenolic OH excluding ortho intramolecular Hbond substituents is 1. The second-order valence-electron chi connectivity index (χ2n) is 8.54. The van der Waals surface area contributed by atoms with Gasteiger partial charge in [-0.1, -0.05) is 53.8 Å². The molecule has 1 atom stereocenters. The van der Waals surface area contributed by atoms with Crippen LogP contribution in [0.15, 0.2) is 86.6 Å². The molecular weight excluding hydrogens is 695 g/mol. The number of fused-ring (bicyclic) bond motifs is 1. The Labute approximate surface area is 250 Å². The molecule has 4 aromatic rings. The maximum absolute atomic E-state index is 14.0. The summed E-state index contributed by atoms with van der Waals surface area (Å²) in [5.41, 5.74) is 2.67. The lowest BCUT2D eigenvalue weighted by atomic mass is 9.93. The Hall–Kier alpha value is -3.22. The first-order valence-corrected chi connectivity index (χ1v) is 14.6. The SMILES string of the molecule is CCOC(=O)C1=C(c2ccccc2)N=c2s/c(=C\c3cc(Br)c(O)c(I)c3)c(=O)n2[C@@H]1c1ccc(OC)cc1. The van der Waals surface area contributed by atoms with E-state index in [1.807, 2.05) is 65.1 Å². The highest BCUT2D eigenvalue weighted by molar-refractivity contribution is 14.1. The van der Waals surface area contributed by atoms with Gasteiger partial charge in [-0.2, -0.15) is 0 Å². The number of methoxy groups -OCH3 is 1. The predicted molar refractivity (Wildman–Crippen MR) is 163 cm³/mol. The van der Waals surface area contributed by atoms with Crippen molar-refractivity contribution in [3.05, 3.63) is 117 Å². The van der Waals surface area contributed by atoms with Gasteiger partial charge in [0.2, 0.25) is 0 Å². The minimum Gasteiger partial charge on any atom is -0.506 e. The fourth-order valence-electron chi connectivity index (χ4n) is 4.36. The van der Waals surface area contributed by atoms with Crippen molar-refractivity contribution >= 4 is 67.6 Å². The molecule has 0 radical (unpaired) electrons. The van der Waals surface area contributed by atoms with Gasteiger partial charge >= 0.3 is 5.97 Å². The van der Waals surface area contributed by atoms with Crippen LogP contribution in [-0.2, 0) is 9.53 Å². The smallest absolute Gasteiger partial charge is 0.338 e. The van der Waals surface area contributed by atoms with E-state index in [9.17, 15) is 14.7 Å². The van der Waals surface area contributed by atoms with Gasteiger partial charge in [-0.15, -0.1) is 0 Å². The second kappa shape index (κ2) is 11.5. The molecule has 0 spiro atoms. The molecule has 1 aromatic heterocycles. The highest BCUT2D eigenvalue weighted by Gasteiger charge is 2.35. The Bertz CT molecular complexity index is 1760. The normalized spacial score (nSPS) is 15.1. The molecule has 10 heteroatoms. The topological polar surface area (TPSA) is 90.1 Å². The number of nitrogens with zero attached hydrogens (tertiary/aromatic N) is 2. The third-order valence-corrected chi connectivity index (χ3v) is 8.55. The molecule has 2 heterocycles. The molecular formula is C29H22BrIN2O5S. The Morgan fingerprint density at radius 1 is 1.18 bits per heavy atom. The summed E-state index contributed by atoms with van der Waals surface area (Å²) in [4.78, 5) is 32.8. The molecule has 0 amide bonds. The van der Waals surface area contributed by atoms with E-state index in [1.54, 1.807) is 48.9 Å². The first-order valence-electron chi connectivity index (χ1n) is 11.9. The van der Waals surface area contributed by atoms with Gasteiger partial charge in [0, 0.05) is 5.56 Å². The van der Waals surface area contributed by atoms with Crippen molar-refractivity contribution in [1.82, 2.24) is 4.57 Å². The number of aromatic nitrogens is 1. The van der Waals surface area contributed by atoms with E-state index < -0.39 is 12.0 Å². The van der Waals surface area contributed by atoms with Crippen LogP contribution in [0.25, 0.3) is 11.8 Å². The molecule has 0 bridgehead atoms. The summed E-state index contributed by atoms with van der Waals surface area (Å²) in [5, 5.41) is 10.1. The second-order valence-corrected chi connectivity index (χ2v) is 11.6. The molecule has 39 heavy (non-hydrogen) atoms. The molecule has 1 aliphatic rings. The van der Waals surface area contributed by atoms with Crippen LogP contribution in [0.2, 0.25) is 0 Å². The zero-order valence-electron chi connectivity index (χ0n) is 20.9. The lowest BCUT2D eigenvalue weighted by Crippen LogP contribution is -2.40. The Kier molecular flexibility index (Phi) is 8.06. The number of benzene rings is 3. The van der Waals surface area contributed by atoms with Crippen LogP contribution in [0.5, 0.6) is 11.5 Å². The van der Waals surface area contributed by atoms with E-state index in [0.717, 1.165) is 16.7 Å². The van der Waals surface area contributed by atoms with Crippen LogP contribution in [0, 0.1) is 3.57 Å². The van der Waals surface area contributed by atoms with E-state index in [0.29, 0.717) is 28.8 Å². The summed E-state index contributed by atoms with van der Waals surface area (Å²) in [7, 11) is 1.58. The van der Waals surface area contributed by atoms with Crippen LogP contribution in [-0.4, -0.2) is 29.4 Å². The summed E-state index contributed by atoms with van der Waals surface area (Å²) in [5.74, 6) is 0.260. The summed E-state index contributed by atoms with van der Waals surface area (Å²) < 4.78 is 14.0. The first kappa shape index (κ1) is 27.4. The van der Waals surface area contributed by atoms with Crippen LogP contribution < -0.4 is 19.6 Å². The average Bonchev–Trinajstić information content (AvgIpc) is 3.25. The van der Waals surface area contributed by atoms with Gasteiger partial charge in [0.05, 0.1) is 43.6 Å². The van der Waals surface area contributed by atoms with Crippen molar-refractivity contribution in [2.75, 3.05) is 13.7 Å². The number of carbonyl (C=O) groups excluding carboxylic acids is 1. The number of halogens is 2. The number of ether oxygens (including phenoxy) is 2. The molecule has 0 aliphatic carbocycles. The fourth-order valence-corrected chi connectivity index (χ4v) is 6.86. The van der Waals surface area contributed by atoms with Crippen LogP contribution >= 0.6 is 49.9 Å². The average molecular weight is 717 g/mol. The van der Waals surface area contributed by atoms with Crippen LogP contribution in [0.4, 0.5) is 0 Å². The molecule has 198 valence electrons. The minimum absolute atomic E-state index is 0.139. The van der Waals surface area contributed by atoms with E-state index in [-0.39, 0.29) is 23.5 Å². The number of hydrogen-bond donors (Lipinski definition) is 1. The van der Waals surface area contributed by atoms with Crippen molar-refractivity contribution in [3.8, 4) is 11.5 Å². The molecule has 0 unspecified atom stereocenters. The van der Waals surface area contributed by atoms with Crippen molar-refractivity contribution in [2.45, 2.75) is 13.0 Å². The van der Waals surface area contributed by atoms with E-state index in [1.165, 1.54) is 11.3 Å². The highest BCUT2D eigenvalue weighted by atomic mass is 127. The standard InChI is InChI=1S/C29H22BrIN2O5S/c1-3-38-28(36)23-24(17-7-5-4-6-8-17)32-29-33(25(23)18-9-11-19(37-2)12-10-18)27(35)22(39-29)15-16-13-20(30)26(34)21(31)14-16/h4-15,25,34H,3H2,1-2H3/b22-15-/t25-/m1/s1. The molecule has 0 fully saturated rings. The monoisotopic (exact) mass is 716 g/mol. The van der Waals surface area contributed by atoms with Crippen molar-refractivity contribution in [3.63, 3.8) is 0 Å². The Morgan fingerprint density at radius 2 is 1.90 bits per heavy atom. The molecule has 7 nitrogen and oxygen atoms in total. The summed E-state index contributed by atoms with van der Waals surface area (Å²) in [6.45, 7) is 1.92. The van der Waals surface area contributed by atoms with E-state index in [4.69, 9.17) is 14.5 Å². The number of thiazole rings is 1. The van der Waals surface area contributed by atoms with Crippen molar-refractivity contribution < 1.29 is 19.4 Å². The van der Waals surface area contributed by atoms with Gasteiger partial charge in [-0.25, -0.2) is 9.79 Å². The van der Waals surface area contributed by atoms with E-state index in [2.05, 4.69) is 15.9 Å². The Balaban J connectivity index is 1.82. The summed E-state index contributed by atoms with van der Waals surface area (Å²) >= 11 is 6.65. The number of carbonyl (C=O) groups is 1. The zero-order chi connectivity index (χ0) is 27.7. The molecule has 1 aliphatic heterocycles. The van der Waals surface area contributed by atoms with Gasteiger partial charge in [0.15, 0.2) is 4.80 Å². The van der Waals surface area contributed by atoms with Crippen LogP contribution in [0.1, 0.15) is 29.7 Å². The summed E-state index contributed by atoms with van der Waals surface area (Å²) in [6.07, 6.45) is 1.76. The zero-order valence-corrected chi connectivity index (χ0v) is 25.4. The first-order chi connectivity index (χ1) is 18.8. The maximum atomic E-state index is 14.0. The Morgan fingerprint density at radius 3 is 2.54 bits per heavy atom. The van der Waals surface area contributed by atoms with Gasteiger partial charge in [0.25, 0.3) is 5.56 Å². The predicted octanol–water partition coefficient (Wildman–Crippen LogP) is 5.02. The van der Waals surface area contributed by atoms with Crippen molar-refractivity contribution in [1.29, 1.82) is 0 Å². The lowest BCUT2D eigenvalue weighted by molar-refractivity contribution is -0.138. The third kappa shape index (κ3) is 5.32. The number of hydrogen-bond acceptors (Lipinski definition) is 7. The number of esters is 1.